The summed E-state index contributed by atoms with van der Waals surface area (Å²) >= 11 is 1.31. The van der Waals surface area contributed by atoms with Crippen molar-refractivity contribution in [2.45, 2.75) is 44.2 Å². The molecule has 2 amide bonds. The topological polar surface area (TPSA) is 133 Å². The lowest BCUT2D eigenvalue weighted by Crippen LogP contribution is -2.39. The van der Waals surface area contributed by atoms with Crippen molar-refractivity contribution in [1.29, 1.82) is 0 Å². The maximum Gasteiger partial charge on any atom is 0.410 e. The number of fused-ring (bicyclic) bond motifs is 1. The molecule has 0 saturated carbocycles. The Bertz CT molecular complexity index is 1510. The van der Waals surface area contributed by atoms with Crippen molar-refractivity contribution in [3.8, 4) is 17.2 Å². The van der Waals surface area contributed by atoms with E-state index in [1.54, 1.807) is 30.2 Å². The Morgan fingerprint density at radius 2 is 1.76 bits per heavy atom. The first-order chi connectivity index (χ1) is 19.3. The lowest BCUT2D eigenvalue weighted by molar-refractivity contribution is 0.0225. The highest BCUT2D eigenvalue weighted by Gasteiger charge is 2.28. The average molecular weight is 604 g/mol. The summed E-state index contributed by atoms with van der Waals surface area (Å²) in [5.41, 5.74) is 0.517. The van der Waals surface area contributed by atoms with E-state index in [1.165, 1.54) is 35.6 Å². The normalized spacial score (nSPS) is 13.3. The number of sulfone groups is 1. The van der Waals surface area contributed by atoms with Gasteiger partial charge in [0.25, 0.3) is 5.91 Å². The van der Waals surface area contributed by atoms with Crippen molar-refractivity contribution in [2.75, 3.05) is 38.4 Å². The minimum Gasteiger partial charge on any atom is -0.491 e. The molecule has 1 N–H and O–H groups in total. The van der Waals surface area contributed by atoms with Crippen molar-refractivity contribution in [3.63, 3.8) is 0 Å². The van der Waals surface area contributed by atoms with Crippen molar-refractivity contribution >= 4 is 38.3 Å². The summed E-state index contributed by atoms with van der Waals surface area (Å²) in [7, 11) is -1.79. The van der Waals surface area contributed by atoms with Gasteiger partial charge in [-0.1, -0.05) is 11.3 Å². The van der Waals surface area contributed by atoms with Crippen molar-refractivity contribution in [2.24, 2.45) is 0 Å². The predicted molar refractivity (Wildman–Crippen MR) is 154 cm³/mol. The predicted octanol–water partition coefficient (Wildman–Crippen LogP) is 4.91. The van der Waals surface area contributed by atoms with Gasteiger partial charge in [0.15, 0.2) is 15.0 Å². The molecule has 13 heteroatoms. The number of carbonyl (C=O) groups is 2. The quantitative estimate of drug-likeness (QED) is 0.339. The van der Waals surface area contributed by atoms with Gasteiger partial charge < -0.3 is 23.8 Å². The van der Waals surface area contributed by atoms with E-state index in [-0.39, 0.29) is 23.2 Å². The van der Waals surface area contributed by atoms with Gasteiger partial charge in [-0.05, 0) is 57.2 Å². The van der Waals surface area contributed by atoms with E-state index in [9.17, 15) is 18.0 Å². The van der Waals surface area contributed by atoms with Crippen LogP contribution in [-0.2, 0) is 32.3 Å². The third-order valence-electron chi connectivity index (χ3n) is 5.79. The van der Waals surface area contributed by atoms with Crippen LogP contribution in [0.5, 0.6) is 17.2 Å². The SMILES string of the molecule is COCCOc1cc(Oc2ccc(S(C)(=O)=O)cc2)cc(C(=O)Nc2nc3c(s2)CN(C(=O)OC(C)(C)C)CC3)c1. The third kappa shape index (κ3) is 8.41. The largest absolute Gasteiger partial charge is 0.491 e. The van der Waals surface area contributed by atoms with Gasteiger partial charge in [0.1, 0.15) is 29.5 Å². The number of carbonyl (C=O) groups excluding carboxylic acids is 2. The summed E-state index contributed by atoms with van der Waals surface area (Å²) in [4.78, 5) is 33.0. The number of amides is 2. The molecule has 4 rings (SSSR count). The maximum atomic E-state index is 13.3. The number of hydrogen-bond acceptors (Lipinski definition) is 10. The molecule has 1 aromatic heterocycles. The van der Waals surface area contributed by atoms with Crippen LogP contribution in [0.2, 0.25) is 0 Å². The highest BCUT2D eigenvalue weighted by Crippen LogP contribution is 2.31. The standard InChI is InChI=1S/C28H33N3O8S2/c1-28(2,3)39-27(33)31-11-10-23-24(17-31)40-26(29-23)30-25(32)18-14-20(37-13-12-36-4)16-21(15-18)38-19-6-8-22(9-7-19)41(5,34)35/h6-9,14-16H,10-13,17H2,1-5H3,(H,29,30,32). The molecular formula is C28H33N3O8S2. The fourth-order valence-corrected chi connectivity index (χ4v) is 5.53. The molecule has 0 bridgehead atoms. The second-order valence-electron chi connectivity index (χ2n) is 10.4. The summed E-state index contributed by atoms with van der Waals surface area (Å²) in [5.74, 6) is 0.682. The van der Waals surface area contributed by atoms with E-state index in [4.69, 9.17) is 18.9 Å². The zero-order chi connectivity index (χ0) is 29.8. The summed E-state index contributed by atoms with van der Waals surface area (Å²) in [6, 6.07) is 10.7. The van der Waals surface area contributed by atoms with Crippen LogP contribution in [0.3, 0.4) is 0 Å². The van der Waals surface area contributed by atoms with Gasteiger partial charge in [0.2, 0.25) is 0 Å². The number of nitrogens with zero attached hydrogens (tertiary/aromatic N) is 2. The number of thiazole rings is 1. The minimum atomic E-state index is -3.35. The number of ether oxygens (including phenoxy) is 4. The monoisotopic (exact) mass is 603 g/mol. The van der Waals surface area contributed by atoms with Crippen LogP contribution in [0.25, 0.3) is 0 Å². The first-order valence-corrected chi connectivity index (χ1v) is 15.5. The Labute approximate surface area is 243 Å². The Balaban J connectivity index is 1.50. The molecule has 220 valence electrons. The molecule has 0 unspecified atom stereocenters. The fraction of sp³-hybridized carbons (Fsp3) is 0.393. The second kappa shape index (κ2) is 12.5. The van der Waals surface area contributed by atoms with Gasteiger partial charge in [-0.3, -0.25) is 10.1 Å². The van der Waals surface area contributed by atoms with Crippen LogP contribution in [0, 0.1) is 0 Å². The van der Waals surface area contributed by atoms with E-state index in [1.807, 2.05) is 20.8 Å². The Kier molecular flexibility index (Phi) is 9.20. The molecule has 41 heavy (non-hydrogen) atoms. The molecule has 2 heterocycles. The number of nitrogens with one attached hydrogen (secondary N) is 1. The first kappa shape index (κ1) is 30.3. The van der Waals surface area contributed by atoms with E-state index in [0.29, 0.717) is 48.5 Å². The molecule has 0 atom stereocenters. The van der Waals surface area contributed by atoms with Gasteiger partial charge in [-0.15, -0.1) is 0 Å². The van der Waals surface area contributed by atoms with Gasteiger partial charge in [-0.2, -0.15) is 0 Å². The summed E-state index contributed by atoms with van der Waals surface area (Å²) in [6.45, 7) is 6.92. The van der Waals surface area contributed by atoms with E-state index in [2.05, 4.69) is 10.3 Å². The Hall–Kier alpha value is -3.68. The third-order valence-corrected chi connectivity index (χ3v) is 7.92. The molecule has 0 spiro atoms. The number of rotatable bonds is 9. The zero-order valence-corrected chi connectivity index (χ0v) is 25.2. The maximum absolute atomic E-state index is 13.3. The smallest absolute Gasteiger partial charge is 0.410 e. The van der Waals surface area contributed by atoms with E-state index >= 15 is 0 Å². The summed E-state index contributed by atoms with van der Waals surface area (Å²) in [5, 5.41) is 3.25. The number of methoxy groups -OCH3 is 1. The molecule has 0 fully saturated rings. The molecule has 0 aliphatic carbocycles. The molecule has 2 aromatic carbocycles. The highest BCUT2D eigenvalue weighted by atomic mass is 32.2. The number of aromatic nitrogens is 1. The lowest BCUT2D eigenvalue weighted by Gasteiger charge is -2.29. The lowest BCUT2D eigenvalue weighted by atomic mass is 10.2. The van der Waals surface area contributed by atoms with Crippen LogP contribution >= 0.6 is 11.3 Å². The summed E-state index contributed by atoms with van der Waals surface area (Å²) in [6.07, 6.45) is 1.30. The molecule has 3 aromatic rings. The summed E-state index contributed by atoms with van der Waals surface area (Å²) < 4.78 is 45.7. The van der Waals surface area contributed by atoms with Gasteiger partial charge in [0.05, 0.1) is 23.7 Å². The Morgan fingerprint density at radius 1 is 1.05 bits per heavy atom. The fourth-order valence-electron chi connectivity index (χ4n) is 3.88. The molecule has 0 radical (unpaired) electrons. The van der Waals surface area contributed by atoms with Crippen LogP contribution < -0.4 is 14.8 Å². The van der Waals surface area contributed by atoms with E-state index < -0.39 is 21.3 Å². The highest BCUT2D eigenvalue weighted by molar-refractivity contribution is 7.90. The average Bonchev–Trinajstić information content (AvgIpc) is 3.29. The van der Waals surface area contributed by atoms with Crippen molar-refractivity contribution in [1.82, 2.24) is 9.88 Å². The van der Waals surface area contributed by atoms with Crippen LogP contribution in [0.1, 0.15) is 41.7 Å². The minimum absolute atomic E-state index is 0.168. The van der Waals surface area contributed by atoms with Crippen molar-refractivity contribution < 1.29 is 37.0 Å². The van der Waals surface area contributed by atoms with Gasteiger partial charge in [0, 0.05) is 42.8 Å². The molecular weight excluding hydrogens is 570 g/mol. The molecule has 1 aliphatic heterocycles. The van der Waals surface area contributed by atoms with Crippen LogP contribution in [0.4, 0.5) is 9.93 Å². The number of hydrogen-bond donors (Lipinski definition) is 1. The van der Waals surface area contributed by atoms with Crippen molar-refractivity contribution in [3.05, 3.63) is 58.6 Å². The zero-order valence-electron chi connectivity index (χ0n) is 23.6. The molecule has 11 nitrogen and oxygen atoms in total. The van der Waals surface area contributed by atoms with Gasteiger partial charge in [-0.25, -0.2) is 18.2 Å². The van der Waals surface area contributed by atoms with Gasteiger partial charge >= 0.3 is 6.09 Å². The van der Waals surface area contributed by atoms with E-state index in [0.717, 1.165) is 16.8 Å². The van der Waals surface area contributed by atoms with Crippen LogP contribution in [0.15, 0.2) is 47.4 Å². The second-order valence-corrected chi connectivity index (χ2v) is 13.5. The first-order valence-electron chi connectivity index (χ1n) is 12.8. The number of anilines is 1. The number of benzene rings is 2. The Morgan fingerprint density at radius 3 is 2.41 bits per heavy atom. The molecule has 0 saturated heterocycles. The molecule has 1 aliphatic rings. The van der Waals surface area contributed by atoms with Crippen LogP contribution in [-0.4, -0.2) is 69.0 Å².